The van der Waals surface area contributed by atoms with E-state index in [1.165, 1.54) is 0 Å². The molecule has 2 N–H and O–H groups in total. The first-order valence-corrected chi connectivity index (χ1v) is 10.5. The summed E-state index contributed by atoms with van der Waals surface area (Å²) in [6.07, 6.45) is 3.61. The van der Waals surface area contributed by atoms with Crippen LogP contribution in [0.4, 0.5) is 5.82 Å². The van der Waals surface area contributed by atoms with Gasteiger partial charge in [0.15, 0.2) is 0 Å². The number of halogens is 1. The lowest BCUT2D eigenvalue weighted by molar-refractivity contribution is 0.164. The first kappa shape index (κ1) is 19.0. The summed E-state index contributed by atoms with van der Waals surface area (Å²) >= 11 is 5.98. The van der Waals surface area contributed by atoms with Gasteiger partial charge in [0, 0.05) is 34.3 Å². The minimum absolute atomic E-state index is 0.543. The third-order valence-electron chi connectivity index (χ3n) is 5.68. The van der Waals surface area contributed by atoms with Crippen LogP contribution in [0.15, 0.2) is 66.9 Å². The fourth-order valence-electron chi connectivity index (χ4n) is 3.60. The highest BCUT2D eigenvalue weighted by Gasteiger charge is 2.40. The number of fused-ring (bicyclic) bond motifs is 1. The molecule has 0 unspecified atom stereocenters. The van der Waals surface area contributed by atoms with Crippen LogP contribution >= 0.6 is 11.6 Å². The zero-order valence-corrected chi connectivity index (χ0v) is 17.4. The van der Waals surface area contributed by atoms with Gasteiger partial charge in [0.1, 0.15) is 5.82 Å². The van der Waals surface area contributed by atoms with Crippen LogP contribution in [0.2, 0.25) is 5.02 Å². The van der Waals surface area contributed by atoms with Crippen molar-refractivity contribution >= 4 is 28.3 Å². The number of aliphatic hydroxyl groups is 1. The Balaban J connectivity index is 1.41. The lowest BCUT2D eigenvalue weighted by Gasteiger charge is -2.12. The SMILES string of the molecule is Cc1cc(NCC2(O)CC2)nc2ccc(-c3ccc(-c4ccc(Cl)cc4)cn3)cc12. The Morgan fingerprint density at radius 2 is 1.70 bits per heavy atom. The van der Waals surface area contributed by atoms with Gasteiger partial charge in [-0.05, 0) is 67.3 Å². The molecule has 1 aliphatic rings. The zero-order chi connectivity index (χ0) is 20.7. The summed E-state index contributed by atoms with van der Waals surface area (Å²) < 4.78 is 0. The molecule has 2 aromatic heterocycles. The van der Waals surface area contributed by atoms with Gasteiger partial charge < -0.3 is 10.4 Å². The van der Waals surface area contributed by atoms with E-state index in [2.05, 4.69) is 35.4 Å². The quantitative estimate of drug-likeness (QED) is 0.428. The number of hydrogen-bond acceptors (Lipinski definition) is 4. The Hall–Kier alpha value is -2.95. The highest BCUT2D eigenvalue weighted by molar-refractivity contribution is 6.30. The minimum Gasteiger partial charge on any atom is -0.388 e. The van der Waals surface area contributed by atoms with Gasteiger partial charge >= 0.3 is 0 Å². The van der Waals surface area contributed by atoms with E-state index in [4.69, 9.17) is 16.6 Å². The number of aryl methyl sites for hydroxylation is 1. The van der Waals surface area contributed by atoms with Crippen molar-refractivity contribution in [3.05, 3.63) is 77.4 Å². The average molecular weight is 416 g/mol. The molecule has 5 heteroatoms. The first-order valence-electron chi connectivity index (χ1n) is 10.1. The molecule has 0 atom stereocenters. The molecule has 2 heterocycles. The monoisotopic (exact) mass is 415 g/mol. The van der Waals surface area contributed by atoms with Gasteiger partial charge in [-0.3, -0.25) is 4.98 Å². The van der Waals surface area contributed by atoms with Gasteiger partial charge in [0.2, 0.25) is 0 Å². The average Bonchev–Trinajstić information content (AvgIpc) is 3.50. The molecule has 4 aromatic rings. The van der Waals surface area contributed by atoms with Crippen LogP contribution in [0, 0.1) is 6.92 Å². The van der Waals surface area contributed by atoms with Crippen LogP contribution in [-0.2, 0) is 0 Å². The molecule has 0 aliphatic heterocycles. The molecule has 5 rings (SSSR count). The van der Waals surface area contributed by atoms with Crippen LogP contribution in [0.5, 0.6) is 0 Å². The fourth-order valence-corrected chi connectivity index (χ4v) is 3.72. The van der Waals surface area contributed by atoms with Crippen molar-refractivity contribution in [2.75, 3.05) is 11.9 Å². The number of hydrogen-bond donors (Lipinski definition) is 2. The largest absolute Gasteiger partial charge is 0.388 e. The number of pyridine rings is 2. The van der Waals surface area contributed by atoms with E-state index in [-0.39, 0.29) is 0 Å². The number of benzene rings is 2. The Labute approximate surface area is 180 Å². The number of nitrogens with one attached hydrogen (secondary N) is 1. The van der Waals surface area contributed by atoms with Crippen molar-refractivity contribution in [1.29, 1.82) is 0 Å². The molecular formula is C25H22ClN3O. The Morgan fingerprint density at radius 1 is 0.967 bits per heavy atom. The Bertz CT molecular complexity index is 1220. The van der Waals surface area contributed by atoms with E-state index in [0.717, 1.165) is 62.5 Å². The second-order valence-electron chi connectivity index (χ2n) is 8.07. The summed E-state index contributed by atoms with van der Waals surface area (Å²) in [4.78, 5) is 9.38. The summed E-state index contributed by atoms with van der Waals surface area (Å²) in [5, 5.41) is 15.1. The molecule has 30 heavy (non-hydrogen) atoms. The molecule has 0 saturated heterocycles. The number of anilines is 1. The van der Waals surface area contributed by atoms with Crippen LogP contribution in [-0.4, -0.2) is 27.2 Å². The normalized spacial score (nSPS) is 14.6. The number of rotatable bonds is 5. The predicted octanol–water partition coefficient (Wildman–Crippen LogP) is 5.86. The molecule has 0 radical (unpaired) electrons. The van der Waals surface area contributed by atoms with Crippen LogP contribution in [0.3, 0.4) is 0 Å². The molecular weight excluding hydrogens is 394 g/mol. The van der Waals surface area contributed by atoms with Crippen molar-refractivity contribution in [2.24, 2.45) is 0 Å². The molecule has 0 bridgehead atoms. The van der Waals surface area contributed by atoms with Crippen molar-refractivity contribution < 1.29 is 5.11 Å². The minimum atomic E-state index is -0.543. The standard InChI is InChI=1S/C25H22ClN3O/c1-16-12-24(28-15-25(30)10-11-25)29-23-9-4-18(13-21(16)23)22-8-5-19(14-27-22)17-2-6-20(26)7-3-17/h2-9,12-14,30H,10-11,15H2,1H3,(H,28,29). The fraction of sp³-hybridized carbons (Fsp3) is 0.200. The summed E-state index contributed by atoms with van der Waals surface area (Å²) in [7, 11) is 0. The summed E-state index contributed by atoms with van der Waals surface area (Å²) in [6, 6.07) is 20.2. The second kappa shape index (κ2) is 7.38. The molecule has 4 nitrogen and oxygen atoms in total. The maximum Gasteiger partial charge on any atom is 0.127 e. The van der Waals surface area contributed by atoms with Gasteiger partial charge in [-0.25, -0.2) is 4.98 Å². The van der Waals surface area contributed by atoms with E-state index < -0.39 is 5.60 Å². The highest BCUT2D eigenvalue weighted by atomic mass is 35.5. The lowest BCUT2D eigenvalue weighted by atomic mass is 10.0. The molecule has 0 amide bonds. The van der Waals surface area contributed by atoms with Crippen molar-refractivity contribution in [3.63, 3.8) is 0 Å². The predicted molar refractivity (Wildman–Crippen MR) is 123 cm³/mol. The first-order chi connectivity index (χ1) is 14.5. The molecule has 1 saturated carbocycles. The highest BCUT2D eigenvalue weighted by Crippen LogP contribution is 2.35. The van der Waals surface area contributed by atoms with E-state index in [9.17, 15) is 5.11 Å². The van der Waals surface area contributed by atoms with Gasteiger partial charge in [-0.2, -0.15) is 0 Å². The maximum atomic E-state index is 10.0. The molecule has 150 valence electrons. The topological polar surface area (TPSA) is 58.0 Å². The molecule has 1 fully saturated rings. The van der Waals surface area contributed by atoms with Crippen LogP contribution in [0.25, 0.3) is 33.3 Å². The zero-order valence-electron chi connectivity index (χ0n) is 16.7. The third kappa shape index (κ3) is 3.89. The summed E-state index contributed by atoms with van der Waals surface area (Å²) in [6.45, 7) is 2.63. The Kier molecular flexibility index (Phi) is 4.69. The smallest absolute Gasteiger partial charge is 0.127 e. The van der Waals surface area contributed by atoms with Crippen LogP contribution in [0.1, 0.15) is 18.4 Å². The van der Waals surface area contributed by atoms with Crippen LogP contribution < -0.4 is 5.32 Å². The number of aromatic nitrogens is 2. The molecule has 0 spiro atoms. The lowest BCUT2D eigenvalue weighted by Crippen LogP contribution is -2.21. The number of nitrogens with zero attached hydrogens (tertiary/aromatic N) is 2. The van der Waals surface area contributed by atoms with E-state index in [1.54, 1.807) is 0 Å². The summed E-state index contributed by atoms with van der Waals surface area (Å²) in [5.74, 6) is 0.804. The van der Waals surface area contributed by atoms with Gasteiger partial charge in [-0.1, -0.05) is 35.9 Å². The van der Waals surface area contributed by atoms with E-state index >= 15 is 0 Å². The second-order valence-corrected chi connectivity index (χ2v) is 8.51. The molecule has 2 aromatic carbocycles. The van der Waals surface area contributed by atoms with E-state index in [1.807, 2.05) is 48.7 Å². The molecule has 1 aliphatic carbocycles. The summed E-state index contributed by atoms with van der Waals surface area (Å²) in [5.41, 5.74) is 5.66. The van der Waals surface area contributed by atoms with Gasteiger partial charge in [0.05, 0.1) is 16.8 Å². The van der Waals surface area contributed by atoms with Crippen molar-refractivity contribution in [3.8, 4) is 22.4 Å². The van der Waals surface area contributed by atoms with E-state index in [0.29, 0.717) is 6.54 Å². The maximum absolute atomic E-state index is 10.0. The van der Waals surface area contributed by atoms with Gasteiger partial charge in [-0.15, -0.1) is 0 Å². The Morgan fingerprint density at radius 3 is 2.40 bits per heavy atom. The van der Waals surface area contributed by atoms with Gasteiger partial charge in [0.25, 0.3) is 0 Å². The third-order valence-corrected chi connectivity index (χ3v) is 5.93. The van der Waals surface area contributed by atoms with Crippen molar-refractivity contribution in [1.82, 2.24) is 9.97 Å². The van der Waals surface area contributed by atoms with Crippen molar-refractivity contribution in [2.45, 2.75) is 25.4 Å².